The maximum Gasteiger partial charge on any atom is 0.308 e. The molecule has 0 aliphatic heterocycles. The number of aliphatic hydroxyl groups is 2. The number of aliphatic hydroxyl groups excluding tert-OH is 2. The molecule has 0 spiro atoms. The molecule has 0 bridgehead atoms. The highest BCUT2D eigenvalue weighted by atomic mass is 16.5. The van der Waals surface area contributed by atoms with Crippen molar-refractivity contribution in [2.75, 3.05) is 7.11 Å². The summed E-state index contributed by atoms with van der Waals surface area (Å²) in [5.74, 6) is 0.218. The van der Waals surface area contributed by atoms with E-state index in [0.29, 0.717) is 19.3 Å². The van der Waals surface area contributed by atoms with E-state index in [4.69, 9.17) is 4.74 Å². The number of ketones is 1. The van der Waals surface area contributed by atoms with Gasteiger partial charge in [0.1, 0.15) is 0 Å². The molecule has 156 valence electrons. The van der Waals surface area contributed by atoms with Crippen molar-refractivity contribution >= 4 is 11.8 Å². The fraction of sp³-hybridized carbons (Fsp3) is 0.826. The molecular weight excluding hydrogens is 356 g/mol. The van der Waals surface area contributed by atoms with Crippen molar-refractivity contribution in [1.82, 2.24) is 0 Å². The largest absolute Gasteiger partial charge is 0.469 e. The van der Waals surface area contributed by atoms with Gasteiger partial charge in [-0.2, -0.15) is 0 Å². The summed E-state index contributed by atoms with van der Waals surface area (Å²) in [6.07, 6.45) is 5.11. The maximum absolute atomic E-state index is 12.2. The summed E-state index contributed by atoms with van der Waals surface area (Å²) in [5.41, 5.74) is 0.565. The number of esters is 1. The predicted molar refractivity (Wildman–Crippen MR) is 104 cm³/mol. The van der Waals surface area contributed by atoms with Crippen LogP contribution in [-0.2, 0) is 14.3 Å². The molecular formula is C23H34O5. The van der Waals surface area contributed by atoms with Crippen molar-refractivity contribution < 1.29 is 24.5 Å². The van der Waals surface area contributed by atoms with Gasteiger partial charge in [0.25, 0.3) is 0 Å². The van der Waals surface area contributed by atoms with Gasteiger partial charge in [-0.25, -0.2) is 0 Å². The predicted octanol–water partition coefficient (Wildman–Crippen LogP) is 2.89. The Morgan fingerprint density at radius 2 is 1.96 bits per heavy atom. The van der Waals surface area contributed by atoms with E-state index in [1.807, 2.05) is 6.92 Å². The summed E-state index contributed by atoms with van der Waals surface area (Å²) in [7, 11) is 1.42. The fourth-order valence-electron chi connectivity index (χ4n) is 7.70. The van der Waals surface area contributed by atoms with E-state index in [1.54, 1.807) is 6.08 Å². The molecule has 3 saturated carbocycles. The Bertz CT molecular complexity index is 714. The monoisotopic (exact) mass is 390 g/mol. The van der Waals surface area contributed by atoms with Crippen LogP contribution in [0.5, 0.6) is 0 Å². The molecule has 9 unspecified atom stereocenters. The van der Waals surface area contributed by atoms with Crippen LogP contribution in [0.15, 0.2) is 11.6 Å². The topological polar surface area (TPSA) is 83.8 Å². The van der Waals surface area contributed by atoms with Gasteiger partial charge in [0.15, 0.2) is 5.78 Å². The maximum atomic E-state index is 12.2. The summed E-state index contributed by atoms with van der Waals surface area (Å²) in [4.78, 5) is 24.2. The zero-order valence-electron chi connectivity index (χ0n) is 17.5. The molecule has 4 aliphatic carbocycles. The molecule has 0 heterocycles. The first-order valence-corrected chi connectivity index (χ1v) is 10.8. The van der Waals surface area contributed by atoms with Crippen molar-refractivity contribution in [3.05, 3.63) is 11.6 Å². The normalized spacial score (nSPS) is 48.8. The van der Waals surface area contributed by atoms with Gasteiger partial charge >= 0.3 is 5.97 Å². The summed E-state index contributed by atoms with van der Waals surface area (Å²) < 4.78 is 5.00. The molecule has 9 atom stereocenters. The molecule has 0 aromatic carbocycles. The van der Waals surface area contributed by atoms with Crippen molar-refractivity contribution in [1.29, 1.82) is 0 Å². The third-order valence-electron chi connectivity index (χ3n) is 9.34. The van der Waals surface area contributed by atoms with Crippen LogP contribution in [0.1, 0.15) is 59.3 Å². The van der Waals surface area contributed by atoms with Crippen LogP contribution in [-0.4, -0.2) is 41.3 Å². The van der Waals surface area contributed by atoms with Gasteiger partial charge in [-0.1, -0.05) is 26.3 Å². The van der Waals surface area contributed by atoms with E-state index in [2.05, 4.69) is 13.8 Å². The lowest BCUT2D eigenvalue weighted by atomic mass is 9.45. The van der Waals surface area contributed by atoms with Crippen molar-refractivity contribution in [3.63, 3.8) is 0 Å². The fourth-order valence-corrected chi connectivity index (χ4v) is 7.70. The van der Waals surface area contributed by atoms with Crippen molar-refractivity contribution in [2.24, 2.45) is 40.4 Å². The minimum Gasteiger partial charge on any atom is -0.469 e. The number of ether oxygens (including phenoxy) is 1. The molecule has 4 aliphatic rings. The van der Waals surface area contributed by atoms with E-state index < -0.39 is 17.6 Å². The van der Waals surface area contributed by atoms with Gasteiger partial charge in [0.05, 0.1) is 25.2 Å². The molecule has 0 aromatic rings. The van der Waals surface area contributed by atoms with Crippen LogP contribution in [0, 0.1) is 40.4 Å². The van der Waals surface area contributed by atoms with E-state index in [9.17, 15) is 19.8 Å². The highest BCUT2D eigenvalue weighted by Crippen LogP contribution is 2.67. The van der Waals surface area contributed by atoms with Crippen LogP contribution < -0.4 is 0 Å². The molecule has 2 N–H and O–H groups in total. The smallest absolute Gasteiger partial charge is 0.308 e. The average molecular weight is 391 g/mol. The molecule has 28 heavy (non-hydrogen) atoms. The van der Waals surface area contributed by atoms with Crippen LogP contribution >= 0.6 is 0 Å². The number of fused-ring (bicyclic) bond motifs is 5. The summed E-state index contributed by atoms with van der Waals surface area (Å²) in [5, 5.41) is 22.5. The molecule has 4 rings (SSSR count). The lowest BCUT2D eigenvalue weighted by molar-refractivity contribution is -0.174. The SMILES string of the molecule is COC(=O)C(C)C1CCC2C3C(O)CC4=CC(=O)CCC4(C)C3CC(O)C12C. The second-order valence-corrected chi connectivity index (χ2v) is 10.2. The van der Waals surface area contributed by atoms with Crippen LogP contribution in [0.4, 0.5) is 0 Å². The Kier molecular flexibility index (Phi) is 4.78. The van der Waals surface area contributed by atoms with E-state index in [-0.39, 0.29) is 46.8 Å². The Balaban J connectivity index is 1.71. The minimum absolute atomic E-state index is 0.0609. The first kappa shape index (κ1) is 20.1. The van der Waals surface area contributed by atoms with Crippen molar-refractivity contribution in [2.45, 2.75) is 71.5 Å². The molecule has 0 radical (unpaired) electrons. The number of methoxy groups -OCH3 is 1. The molecule has 5 nitrogen and oxygen atoms in total. The third kappa shape index (κ3) is 2.58. The zero-order chi connectivity index (χ0) is 20.4. The van der Waals surface area contributed by atoms with E-state index in [0.717, 1.165) is 24.8 Å². The molecule has 0 aromatic heterocycles. The number of carbonyl (C=O) groups is 2. The van der Waals surface area contributed by atoms with Crippen LogP contribution in [0.25, 0.3) is 0 Å². The van der Waals surface area contributed by atoms with Crippen LogP contribution in [0.2, 0.25) is 0 Å². The molecule has 0 amide bonds. The third-order valence-corrected chi connectivity index (χ3v) is 9.34. The van der Waals surface area contributed by atoms with Gasteiger partial charge in [0.2, 0.25) is 0 Å². The zero-order valence-corrected chi connectivity index (χ0v) is 17.5. The van der Waals surface area contributed by atoms with E-state index in [1.165, 1.54) is 7.11 Å². The summed E-state index contributed by atoms with van der Waals surface area (Å²) in [6, 6.07) is 0. The number of hydrogen-bond acceptors (Lipinski definition) is 5. The molecule has 0 saturated heterocycles. The van der Waals surface area contributed by atoms with Gasteiger partial charge in [-0.3, -0.25) is 9.59 Å². The summed E-state index contributed by atoms with van der Waals surface area (Å²) in [6.45, 7) is 6.27. The second kappa shape index (κ2) is 6.66. The first-order valence-electron chi connectivity index (χ1n) is 10.8. The van der Waals surface area contributed by atoms with Gasteiger partial charge in [-0.05, 0) is 67.3 Å². The minimum atomic E-state index is -0.514. The van der Waals surface area contributed by atoms with Gasteiger partial charge < -0.3 is 14.9 Å². The number of hydrogen-bond donors (Lipinski definition) is 2. The van der Waals surface area contributed by atoms with Crippen molar-refractivity contribution in [3.8, 4) is 0 Å². The van der Waals surface area contributed by atoms with Gasteiger partial charge in [0, 0.05) is 11.8 Å². The highest BCUT2D eigenvalue weighted by molar-refractivity contribution is 5.91. The van der Waals surface area contributed by atoms with E-state index >= 15 is 0 Å². The molecule has 3 fully saturated rings. The summed E-state index contributed by atoms with van der Waals surface area (Å²) >= 11 is 0. The Labute approximate surface area is 167 Å². The molecule has 5 heteroatoms. The number of rotatable bonds is 2. The quantitative estimate of drug-likeness (QED) is 0.709. The number of carbonyl (C=O) groups excluding carboxylic acids is 2. The Morgan fingerprint density at radius 1 is 1.25 bits per heavy atom. The highest BCUT2D eigenvalue weighted by Gasteiger charge is 2.65. The Morgan fingerprint density at radius 3 is 2.64 bits per heavy atom. The van der Waals surface area contributed by atoms with Gasteiger partial charge in [-0.15, -0.1) is 0 Å². The Hall–Kier alpha value is -1.20. The average Bonchev–Trinajstić information content (AvgIpc) is 3.01. The lowest BCUT2D eigenvalue weighted by Crippen LogP contribution is -2.60. The standard InChI is InChI=1S/C23H34O5/c1-12(21(27)28-4)15-5-6-16-20-17(11-19(26)23(15,16)3)22(2)8-7-14(24)9-13(22)10-18(20)25/h9,12,15-20,25-26H,5-8,10-11H2,1-4H3. The van der Waals surface area contributed by atoms with Crippen LogP contribution in [0.3, 0.4) is 0 Å². The second-order valence-electron chi connectivity index (χ2n) is 10.2. The lowest BCUT2D eigenvalue weighted by Gasteiger charge is -2.61. The first-order chi connectivity index (χ1) is 13.1.